The minimum absolute atomic E-state index is 0.0151. The Bertz CT molecular complexity index is 594. The number of rotatable bonds is 3. The first kappa shape index (κ1) is 16.8. The van der Waals surface area contributed by atoms with Crippen LogP contribution in [0.1, 0.15) is 44.6 Å². The largest absolute Gasteiger partial charge is 0.334 e. The normalized spacial score (nSPS) is 19.5. The van der Waals surface area contributed by atoms with Crippen molar-refractivity contribution in [3.05, 3.63) is 29.8 Å². The summed E-state index contributed by atoms with van der Waals surface area (Å²) in [5.74, 6) is 0.915. The van der Waals surface area contributed by atoms with Crippen LogP contribution in [0.15, 0.2) is 24.3 Å². The highest BCUT2D eigenvalue weighted by Crippen LogP contribution is 2.22. The second kappa shape index (κ2) is 7.69. The number of benzene rings is 1. The first-order chi connectivity index (χ1) is 11.6. The molecule has 2 saturated heterocycles. The van der Waals surface area contributed by atoms with Crippen molar-refractivity contribution in [1.82, 2.24) is 10.2 Å². The fourth-order valence-corrected chi connectivity index (χ4v) is 3.41. The number of carbonyl (C=O) groups excluding carboxylic acids is 2. The van der Waals surface area contributed by atoms with Gasteiger partial charge in [-0.25, -0.2) is 4.79 Å². The standard InChI is InChI=1S/C19H27N3O2/c1-15-8-11-21(12-9-15)19(24)20-14-16-5-4-6-17(13-16)22-10-3-2-7-18(22)23/h4-6,13,15H,2-3,7-12,14H2,1H3,(H,20,24). The molecular weight excluding hydrogens is 302 g/mol. The molecule has 0 spiro atoms. The molecule has 0 unspecified atom stereocenters. The maximum atomic E-state index is 12.3. The van der Waals surface area contributed by atoms with E-state index in [9.17, 15) is 9.59 Å². The Morgan fingerprint density at radius 1 is 1.21 bits per heavy atom. The highest BCUT2D eigenvalue weighted by molar-refractivity contribution is 5.94. The highest BCUT2D eigenvalue weighted by atomic mass is 16.2. The van der Waals surface area contributed by atoms with Crippen LogP contribution in [0.5, 0.6) is 0 Å². The molecule has 2 aliphatic heterocycles. The van der Waals surface area contributed by atoms with Crippen LogP contribution >= 0.6 is 0 Å². The zero-order chi connectivity index (χ0) is 16.9. The lowest BCUT2D eigenvalue weighted by atomic mass is 10.00. The molecule has 1 aromatic carbocycles. The fourth-order valence-electron chi connectivity index (χ4n) is 3.41. The van der Waals surface area contributed by atoms with Crippen LogP contribution in [0.25, 0.3) is 0 Å². The van der Waals surface area contributed by atoms with Crippen LogP contribution < -0.4 is 10.2 Å². The van der Waals surface area contributed by atoms with Gasteiger partial charge >= 0.3 is 6.03 Å². The lowest BCUT2D eigenvalue weighted by Crippen LogP contribution is -2.43. The van der Waals surface area contributed by atoms with Gasteiger partial charge in [-0.05, 0) is 49.3 Å². The summed E-state index contributed by atoms with van der Waals surface area (Å²) in [5.41, 5.74) is 1.97. The van der Waals surface area contributed by atoms with Crippen molar-refractivity contribution in [2.75, 3.05) is 24.5 Å². The molecule has 2 heterocycles. The summed E-state index contributed by atoms with van der Waals surface area (Å²) in [4.78, 5) is 28.1. The maximum Gasteiger partial charge on any atom is 0.317 e. The van der Waals surface area contributed by atoms with Crippen molar-refractivity contribution in [3.63, 3.8) is 0 Å². The fraction of sp³-hybridized carbons (Fsp3) is 0.579. The number of hydrogen-bond acceptors (Lipinski definition) is 2. The number of anilines is 1. The summed E-state index contributed by atoms with van der Waals surface area (Å²) >= 11 is 0. The molecule has 1 N–H and O–H groups in total. The first-order valence-electron chi connectivity index (χ1n) is 9.05. The number of carbonyl (C=O) groups is 2. The second-order valence-corrected chi connectivity index (χ2v) is 7.00. The average molecular weight is 329 g/mol. The topological polar surface area (TPSA) is 52.7 Å². The van der Waals surface area contributed by atoms with Crippen molar-refractivity contribution >= 4 is 17.6 Å². The van der Waals surface area contributed by atoms with Crippen LogP contribution in [0.3, 0.4) is 0 Å². The lowest BCUT2D eigenvalue weighted by Gasteiger charge is -2.30. The van der Waals surface area contributed by atoms with E-state index in [0.717, 1.165) is 56.6 Å². The summed E-state index contributed by atoms with van der Waals surface area (Å²) in [6.07, 6.45) is 4.84. The van der Waals surface area contributed by atoms with Gasteiger partial charge in [-0.3, -0.25) is 4.79 Å². The molecule has 2 fully saturated rings. The zero-order valence-electron chi connectivity index (χ0n) is 14.5. The second-order valence-electron chi connectivity index (χ2n) is 7.00. The molecule has 0 aromatic heterocycles. The third-order valence-electron chi connectivity index (χ3n) is 5.06. The van der Waals surface area contributed by atoms with Crippen molar-refractivity contribution in [1.29, 1.82) is 0 Å². The van der Waals surface area contributed by atoms with Gasteiger partial charge in [0.25, 0.3) is 0 Å². The minimum Gasteiger partial charge on any atom is -0.334 e. The van der Waals surface area contributed by atoms with Gasteiger partial charge in [-0.2, -0.15) is 0 Å². The van der Waals surface area contributed by atoms with E-state index < -0.39 is 0 Å². The average Bonchev–Trinajstić information content (AvgIpc) is 2.61. The van der Waals surface area contributed by atoms with Gasteiger partial charge in [0.2, 0.25) is 5.91 Å². The predicted molar refractivity (Wildman–Crippen MR) is 94.9 cm³/mol. The number of amides is 3. The maximum absolute atomic E-state index is 12.3. The summed E-state index contributed by atoms with van der Waals surface area (Å²) in [6.45, 7) is 5.22. The first-order valence-corrected chi connectivity index (χ1v) is 9.05. The van der Waals surface area contributed by atoms with Gasteiger partial charge < -0.3 is 15.1 Å². The Balaban J connectivity index is 1.56. The van der Waals surface area contributed by atoms with Crippen LogP contribution in [0, 0.1) is 5.92 Å². The molecule has 5 nitrogen and oxygen atoms in total. The quantitative estimate of drug-likeness (QED) is 0.926. The molecule has 5 heteroatoms. The number of piperidine rings is 2. The lowest BCUT2D eigenvalue weighted by molar-refractivity contribution is -0.119. The van der Waals surface area contributed by atoms with Crippen molar-refractivity contribution in [3.8, 4) is 0 Å². The molecule has 3 rings (SSSR count). The highest BCUT2D eigenvalue weighted by Gasteiger charge is 2.21. The van der Waals surface area contributed by atoms with Crippen molar-refractivity contribution in [2.24, 2.45) is 5.92 Å². The summed E-state index contributed by atoms with van der Waals surface area (Å²) in [5, 5.41) is 3.01. The van der Waals surface area contributed by atoms with Gasteiger partial charge in [0.05, 0.1) is 0 Å². The minimum atomic E-state index is 0.0151. The Hall–Kier alpha value is -2.04. The third kappa shape index (κ3) is 4.08. The van der Waals surface area contributed by atoms with E-state index in [1.807, 2.05) is 34.1 Å². The van der Waals surface area contributed by atoms with Gasteiger partial charge in [0.1, 0.15) is 0 Å². The molecule has 24 heavy (non-hydrogen) atoms. The van der Waals surface area contributed by atoms with E-state index >= 15 is 0 Å². The molecule has 0 bridgehead atoms. The molecule has 0 saturated carbocycles. The van der Waals surface area contributed by atoms with Crippen LogP contribution in [-0.4, -0.2) is 36.5 Å². The van der Waals surface area contributed by atoms with Crippen LogP contribution in [-0.2, 0) is 11.3 Å². The van der Waals surface area contributed by atoms with Gasteiger partial charge in [-0.15, -0.1) is 0 Å². The van der Waals surface area contributed by atoms with E-state index in [1.54, 1.807) is 0 Å². The smallest absolute Gasteiger partial charge is 0.317 e. The third-order valence-corrected chi connectivity index (χ3v) is 5.06. The summed E-state index contributed by atoms with van der Waals surface area (Å²) in [6, 6.07) is 7.96. The number of hydrogen-bond donors (Lipinski definition) is 1. The number of urea groups is 1. The Morgan fingerprint density at radius 3 is 2.75 bits per heavy atom. The van der Waals surface area contributed by atoms with E-state index in [1.165, 1.54) is 0 Å². The number of nitrogens with one attached hydrogen (secondary N) is 1. The van der Waals surface area contributed by atoms with E-state index in [-0.39, 0.29) is 11.9 Å². The van der Waals surface area contributed by atoms with Crippen LogP contribution in [0.4, 0.5) is 10.5 Å². The summed E-state index contributed by atoms with van der Waals surface area (Å²) < 4.78 is 0. The molecular formula is C19H27N3O2. The SMILES string of the molecule is CC1CCN(C(=O)NCc2cccc(N3CCCCC3=O)c2)CC1. The predicted octanol–water partition coefficient (Wildman–Crippen LogP) is 3.15. The zero-order valence-corrected chi connectivity index (χ0v) is 14.5. The Labute approximate surface area is 144 Å². The van der Waals surface area contributed by atoms with Crippen molar-refractivity contribution in [2.45, 2.75) is 45.6 Å². The Morgan fingerprint density at radius 2 is 2.00 bits per heavy atom. The van der Waals surface area contributed by atoms with Crippen molar-refractivity contribution < 1.29 is 9.59 Å². The molecule has 2 aliphatic rings. The number of likely N-dealkylation sites (tertiary alicyclic amines) is 1. The molecule has 130 valence electrons. The number of nitrogens with zero attached hydrogens (tertiary/aromatic N) is 2. The Kier molecular flexibility index (Phi) is 5.38. The van der Waals surface area contributed by atoms with Gasteiger partial charge in [-0.1, -0.05) is 19.1 Å². The van der Waals surface area contributed by atoms with E-state index in [4.69, 9.17) is 0 Å². The molecule has 3 amide bonds. The van der Waals surface area contributed by atoms with E-state index in [0.29, 0.717) is 18.9 Å². The summed E-state index contributed by atoms with van der Waals surface area (Å²) in [7, 11) is 0. The molecule has 1 aromatic rings. The monoisotopic (exact) mass is 329 g/mol. The van der Waals surface area contributed by atoms with E-state index in [2.05, 4.69) is 12.2 Å². The van der Waals surface area contributed by atoms with Crippen LogP contribution in [0.2, 0.25) is 0 Å². The molecule has 0 aliphatic carbocycles. The van der Waals surface area contributed by atoms with Gasteiger partial charge in [0.15, 0.2) is 0 Å². The molecule has 0 radical (unpaired) electrons. The molecule has 0 atom stereocenters. The van der Waals surface area contributed by atoms with Gasteiger partial charge in [0, 0.05) is 38.3 Å².